The summed E-state index contributed by atoms with van der Waals surface area (Å²) in [6.45, 7) is 34.3. The van der Waals surface area contributed by atoms with Crippen LogP contribution < -0.4 is 10.4 Å². The Balaban J connectivity index is -0.000000184. The number of hydrogen-bond donors (Lipinski definition) is 2. The molecule has 0 spiro atoms. The van der Waals surface area contributed by atoms with E-state index in [1.54, 1.807) is 0 Å². The van der Waals surface area contributed by atoms with Gasteiger partial charge in [-0.15, -0.1) is 0 Å². The normalized spacial score (nSPS) is 9.09. The van der Waals surface area contributed by atoms with Gasteiger partial charge in [-0.3, -0.25) is 0 Å². The molecule has 2 rings (SSSR count). The molecular weight excluding hydrogens is 686 g/mol. The first kappa shape index (κ1) is 58.1. The number of unbranched alkanes of at least 4 members (excludes halogenated alkanes) is 4. The van der Waals surface area contributed by atoms with E-state index < -0.39 is 14.4 Å². The fourth-order valence-corrected chi connectivity index (χ4v) is 8.56. The predicted octanol–water partition coefficient (Wildman–Crippen LogP) is 4.03. The minimum Gasteiger partial charge on any atom is 0 e. The zero-order valence-electron chi connectivity index (χ0n) is 25.4. The molecule has 9 nitrogen and oxygen atoms in total. The van der Waals surface area contributed by atoms with E-state index in [0.717, 1.165) is 32.1 Å². The van der Waals surface area contributed by atoms with Crippen LogP contribution in [0.3, 0.4) is 0 Å². The molecule has 0 saturated carbocycles. The summed E-state index contributed by atoms with van der Waals surface area (Å²) in [5.74, 6) is 6.07. The summed E-state index contributed by atoms with van der Waals surface area (Å²) >= 11 is 0. The molecule has 0 aliphatic rings. The van der Waals surface area contributed by atoms with Crippen LogP contribution >= 0.6 is 0 Å². The fourth-order valence-electron chi connectivity index (χ4n) is 4.12. The first-order valence-electron chi connectivity index (χ1n) is 12.7. The zero-order valence-corrected chi connectivity index (χ0v) is 28.5. The van der Waals surface area contributed by atoms with Gasteiger partial charge in [0.05, 0.1) is 6.61 Å². The number of benzene rings is 2. The second kappa shape index (κ2) is 43.7. The van der Waals surface area contributed by atoms with Gasteiger partial charge >= 0.3 is 67.8 Å². The maximum absolute atomic E-state index is 10.2. The molecule has 0 bridgehead atoms. The second-order valence-electron chi connectivity index (χ2n) is 9.07. The van der Waals surface area contributed by atoms with Crippen molar-refractivity contribution in [2.24, 2.45) is 0 Å². The molecule has 45 heavy (non-hydrogen) atoms. The van der Waals surface area contributed by atoms with Crippen molar-refractivity contribution in [2.75, 3.05) is 13.2 Å². The number of aliphatic hydroxyl groups excluding tert-OH is 2. The van der Waals surface area contributed by atoms with Gasteiger partial charge in [0.15, 0.2) is 0 Å². The Morgan fingerprint density at radius 2 is 1.02 bits per heavy atom. The van der Waals surface area contributed by atoms with E-state index >= 15 is 0 Å². The van der Waals surface area contributed by atoms with Gasteiger partial charge in [0.1, 0.15) is 6.10 Å². The maximum Gasteiger partial charge on any atom is 0 e. The van der Waals surface area contributed by atoms with Crippen molar-refractivity contribution in [3.63, 3.8) is 0 Å². The van der Waals surface area contributed by atoms with Crippen molar-refractivity contribution in [1.82, 2.24) is 0 Å². The molecule has 2 N–H and O–H groups in total. The van der Waals surface area contributed by atoms with Gasteiger partial charge in [-0.2, -0.15) is 0 Å². The third-order valence-corrected chi connectivity index (χ3v) is 10.7. The van der Waals surface area contributed by atoms with E-state index in [9.17, 15) is 5.11 Å². The second-order valence-corrected chi connectivity index (χ2v) is 13.4. The quantitative estimate of drug-likeness (QED) is 0.118. The van der Waals surface area contributed by atoms with Crippen LogP contribution in [0.5, 0.6) is 0 Å². The van der Waals surface area contributed by atoms with Crippen molar-refractivity contribution in [3.8, 4) is 11.8 Å². The van der Waals surface area contributed by atoms with Crippen molar-refractivity contribution >= 4 is 18.7 Å². The van der Waals surface area contributed by atoms with Crippen LogP contribution in [0.25, 0.3) is 0 Å². The molecule has 0 heterocycles. The molecule has 12 heteroatoms. The van der Waals surface area contributed by atoms with E-state index in [0.29, 0.717) is 13.0 Å². The topological polar surface area (TPSA) is 169 Å². The van der Waals surface area contributed by atoms with Crippen LogP contribution in [0.1, 0.15) is 59.3 Å². The Morgan fingerprint density at radius 1 is 0.667 bits per heavy atom. The molecule has 2 aromatic rings. The SMILES string of the molecule is CC(C)(C)[Si](OCC#CC(O)CCCCCCCO)(c1ccccc1)c1ccccc1.[C-]#[O+].[C-]#[O+].[C-]#[O+].[C-]#[O+].[C-]#[O+].[C-]#[O+].[Co].[Co]. The van der Waals surface area contributed by atoms with E-state index in [2.05, 4.69) is 121 Å². The molecule has 0 aliphatic heterocycles. The maximum atomic E-state index is 10.2. The van der Waals surface area contributed by atoms with Gasteiger partial charge in [0.25, 0.3) is 8.32 Å². The first-order chi connectivity index (χ1) is 20.9. The monoisotopic (exact) mass is 724 g/mol. The van der Waals surface area contributed by atoms with E-state index in [1.165, 1.54) is 10.4 Å². The van der Waals surface area contributed by atoms with Crippen LogP contribution in [-0.2, 0) is 65.9 Å². The predicted molar refractivity (Wildman–Crippen MR) is 156 cm³/mol. The number of rotatable bonds is 11. The zero-order chi connectivity index (χ0) is 34.6. The third kappa shape index (κ3) is 25.4. The molecule has 0 aliphatic carbocycles. The fraction of sp³-hybridized carbons (Fsp3) is 0.394. The molecule has 2 aromatic carbocycles. The van der Waals surface area contributed by atoms with Gasteiger partial charge in [-0.05, 0) is 34.7 Å². The summed E-state index contributed by atoms with van der Waals surface area (Å²) < 4.78 is 51.7. The van der Waals surface area contributed by atoms with Gasteiger partial charge in [0, 0.05) is 40.2 Å². The van der Waals surface area contributed by atoms with Crippen LogP contribution in [0.4, 0.5) is 0 Å². The average molecular weight is 725 g/mol. The minimum absolute atomic E-state index is 0. The molecule has 246 valence electrons. The summed E-state index contributed by atoms with van der Waals surface area (Å²) in [5, 5.41) is 21.4. The molecule has 0 aromatic heterocycles. The van der Waals surface area contributed by atoms with Crippen molar-refractivity contribution in [1.29, 1.82) is 0 Å². The molecule has 2 radical (unpaired) electrons. The van der Waals surface area contributed by atoms with E-state index in [1.807, 2.05) is 12.1 Å². The third-order valence-electron chi connectivity index (χ3n) is 5.68. The summed E-state index contributed by atoms with van der Waals surface area (Å²) in [5.41, 5.74) is 0. The molecule has 0 saturated heterocycles. The molecular formula is C33H38Co2O9Si. The summed E-state index contributed by atoms with van der Waals surface area (Å²) in [7, 11) is -2.57. The number of aliphatic hydroxyl groups is 2. The Labute approximate surface area is 289 Å². The van der Waals surface area contributed by atoms with Gasteiger partial charge < -0.3 is 14.6 Å². The molecule has 0 fully saturated rings. The smallest absolute Gasteiger partial charge is 0 e. The Kier molecular flexibility index (Phi) is 56.4. The van der Waals surface area contributed by atoms with E-state index in [4.69, 9.17) is 37.4 Å². The Bertz CT molecular complexity index is 997. The van der Waals surface area contributed by atoms with Crippen molar-refractivity contribution < 1.29 is 76.1 Å². The van der Waals surface area contributed by atoms with Crippen molar-refractivity contribution in [3.05, 3.63) is 101 Å². The summed E-state index contributed by atoms with van der Waals surface area (Å²) in [6.07, 6.45) is 5.10. The minimum atomic E-state index is -2.57. The van der Waals surface area contributed by atoms with Gasteiger partial charge in [-0.1, -0.05) is 113 Å². The average Bonchev–Trinajstić information content (AvgIpc) is 3.08. The Hall–Kier alpha value is -2.45. The molecule has 1 unspecified atom stereocenters. The first-order valence-corrected chi connectivity index (χ1v) is 14.6. The summed E-state index contributed by atoms with van der Waals surface area (Å²) in [4.78, 5) is 0. The van der Waals surface area contributed by atoms with Crippen LogP contribution in [-0.4, -0.2) is 37.8 Å². The van der Waals surface area contributed by atoms with E-state index in [-0.39, 0.29) is 45.2 Å². The van der Waals surface area contributed by atoms with Crippen LogP contribution in [0.2, 0.25) is 5.04 Å². The standard InChI is InChI=1S/C27H38O3Si.6CO.2Co/c1-27(2,3)31(25-18-10-7-11-19-25,26-20-12-8-13-21-26)30-23-15-17-24(29)16-9-5-4-6-14-22-28;6*1-2;;/h7-8,10-13,18-21,24,28-29H,4-6,9,14,16,22-23H2,1-3H3;;;;;;;;. The van der Waals surface area contributed by atoms with Crippen LogP contribution in [0.15, 0.2) is 60.7 Å². The Morgan fingerprint density at radius 3 is 1.38 bits per heavy atom. The molecule has 1 atom stereocenters. The van der Waals surface area contributed by atoms with Crippen LogP contribution in [0, 0.1) is 51.7 Å². The van der Waals surface area contributed by atoms with Gasteiger partial charge in [-0.25, -0.2) is 0 Å². The number of hydrogen-bond acceptors (Lipinski definition) is 3. The molecule has 0 amide bonds. The summed E-state index contributed by atoms with van der Waals surface area (Å²) in [6, 6.07) is 21.1. The largest absolute Gasteiger partial charge is 0 e. The van der Waals surface area contributed by atoms with Crippen molar-refractivity contribution in [2.45, 2.75) is 70.4 Å². The van der Waals surface area contributed by atoms with Gasteiger partial charge in [0.2, 0.25) is 0 Å².